The molecule has 0 bridgehead atoms. The second-order valence-corrected chi connectivity index (χ2v) is 4.62. The number of carboxylic acids is 1. The highest BCUT2D eigenvalue weighted by molar-refractivity contribution is 7.13. The molecule has 0 amide bonds. The van der Waals surface area contributed by atoms with E-state index in [1.165, 1.54) is 0 Å². The van der Waals surface area contributed by atoms with Gasteiger partial charge in [0.15, 0.2) is 4.88 Å². The van der Waals surface area contributed by atoms with E-state index in [2.05, 4.69) is 4.98 Å². The Labute approximate surface area is 112 Å². The van der Waals surface area contributed by atoms with Gasteiger partial charge in [0.1, 0.15) is 23.1 Å². The number of methoxy groups -OCH3 is 1. The number of thiazole rings is 1. The lowest BCUT2D eigenvalue weighted by molar-refractivity contribution is 0.0699. The molecule has 19 heavy (non-hydrogen) atoms. The number of ether oxygens (including phenoxy) is 2. The van der Waals surface area contributed by atoms with E-state index in [1.54, 1.807) is 31.4 Å². The minimum absolute atomic E-state index is 0.0820. The molecule has 6 nitrogen and oxygen atoms in total. The molecule has 1 aromatic carbocycles. The first kappa shape index (κ1) is 13.2. The van der Waals surface area contributed by atoms with E-state index in [0.717, 1.165) is 11.3 Å². The third-order valence-corrected chi connectivity index (χ3v) is 3.26. The minimum Gasteiger partial charge on any atom is -0.497 e. The van der Waals surface area contributed by atoms with Crippen molar-refractivity contribution in [2.24, 2.45) is 0 Å². The van der Waals surface area contributed by atoms with Crippen LogP contribution in [0.5, 0.6) is 17.4 Å². The van der Waals surface area contributed by atoms with Crippen molar-refractivity contribution < 1.29 is 24.5 Å². The fourth-order valence-electron chi connectivity index (χ4n) is 1.39. The van der Waals surface area contributed by atoms with Crippen LogP contribution >= 0.6 is 11.3 Å². The molecule has 2 N–H and O–H groups in total. The Bertz CT molecular complexity index is 596. The van der Waals surface area contributed by atoms with Gasteiger partial charge in [-0.05, 0) is 12.1 Å². The summed E-state index contributed by atoms with van der Waals surface area (Å²) in [5, 5.41) is 18.5. The Morgan fingerprint density at radius 1 is 1.42 bits per heavy atom. The zero-order valence-electron chi connectivity index (χ0n) is 9.99. The molecular formula is C12H11NO5S. The molecule has 2 rings (SSSR count). The van der Waals surface area contributed by atoms with Crippen molar-refractivity contribution in [3.05, 3.63) is 34.2 Å². The van der Waals surface area contributed by atoms with Crippen LogP contribution in [-0.2, 0) is 6.61 Å². The molecule has 0 unspecified atom stereocenters. The predicted octanol–water partition coefficient (Wildman–Crippen LogP) is 2.13. The van der Waals surface area contributed by atoms with E-state index < -0.39 is 11.8 Å². The first-order chi connectivity index (χ1) is 9.10. The summed E-state index contributed by atoms with van der Waals surface area (Å²) in [6, 6.07) is 7.00. The van der Waals surface area contributed by atoms with Gasteiger partial charge in [0.25, 0.3) is 0 Å². The maximum absolute atomic E-state index is 10.7. The van der Waals surface area contributed by atoms with Crippen LogP contribution in [0.3, 0.4) is 0 Å². The lowest BCUT2D eigenvalue weighted by atomic mass is 10.3. The topological polar surface area (TPSA) is 88.9 Å². The number of carbonyl (C=O) groups is 1. The zero-order chi connectivity index (χ0) is 13.8. The summed E-state index contributed by atoms with van der Waals surface area (Å²) in [6.45, 7) is 0.0820. The van der Waals surface area contributed by atoms with Gasteiger partial charge in [0, 0.05) is 6.07 Å². The highest BCUT2D eigenvalue weighted by Gasteiger charge is 2.16. The van der Waals surface area contributed by atoms with Crippen molar-refractivity contribution in [2.75, 3.05) is 7.11 Å². The molecule has 0 aliphatic rings. The van der Waals surface area contributed by atoms with E-state index in [9.17, 15) is 9.90 Å². The predicted molar refractivity (Wildman–Crippen MR) is 68.1 cm³/mol. The average Bonchev–Trinajstić information content (AvgIpc) is 2.78. The lowest BCUT2D eigenvalue weighted by Gasteiger charge is -2.05. The van der Waals surface area contributed by atoms with Crippen LogP contribution < -0.4 is 9.47 Å². The van der Waals surface area contributed by atoms with E-state index in [0.29, 0.717) is 16.5 Å². The van der Waals surface area contributed by atoms with Crippen LogP contribution in [0, 0.1) is 0 Å². The van der Waals surface area contributed by atoms with Crippen LogP contribution in [0.25, 0.3) is 0 Å². The molecule has 0 atom stereocenters. The third kappa shape index (κ3) is 3.14. The van der Waals surface area contributed by atoms with Crippen molar-refractivity contribution in [3.63, 3.8) is 0 Å². The van der Waals surface area contributed by atoms with Crippen LogP contribution in [0.2, 0.25) is 0 Å². The van der Waals surface area contributed by atoms with E-state index in [4.69, 9.17) is 14.6 Å². The lowest BCUT2D eigenvalue weighted by Crippen LogP contribution is -1.94. The number of rotatable bonds is 5. The van der Waals surface area contributed by atoms with Crippen LogP contribution in [-0.4, -0.2) is 28.3 Å². The summed E-state index contributed by atoms with van der Waals surface area (Å²) in [4.78, 5) is 14.3. The fraction of sp³-hybridized carbons (Fsp3) is 0.167. The molecular weight excluding hydrogens is 270 g/mol. The van der Waals surface area contributed by atoms with Gasteiger partial charge < -0.3 is 19.7 Å². The third-order valence-electron chi connectivity index (χ3n) is 2.25. The van der Waals surface area contributed by atoms with Gasteiger partial charge in [0.2, 0.25) is 5.88 Å². The Morgan fingerprint density at radius 3 is 2.79 bits per heavy atom. The normalized spacial score (nSPS) is 10.2. The highest BCUT2D eigenvalue weighted by Crippen LogP contribution is 2.26. The fourth-order valence-corrected chi connectivity index (χ4v) is 2.10. The van der Waals surface area contributed by atoms with Gasteiger partial charge in [-0.2, -0.15) is 0 Å². The quantitative estimate of drug-likeness (QED) is 0.872. The zero-order valence-corrected chi connectivity index (χ0v) is 10.8. The van der Waals surface area contributed by atoms with E-state index in [1.807, 2.05) is 0 Å². The second-order valence-electron chi connectivity index (χ2n) is 3.53. The molecule has 2 aromatic rings. The smallest absolute Gasteiger partial charge is 0.351 e. The maximum Gasteiger partial charge on any atom is 0.351 e. The largest absolute Gasteiger partial charge is 0.497 e. The van der Waals surface area contributed by atoms with Crippen LogP contribution in [0.4, 0.5) is 0 Å². The Morgan fingerprint density at radius 2 is 2.16 bits per heavy atom. The summed E-state index contributed by atoms with van der Waals surface area (Å²) in [6.07, 6.45) is 0. The van der Waals surface area contributed by atoms with Gasteiger partial charge in [-0.15, -0.1) is 11.3 Å². The van der Waals surface area contributed by atoms with Crippen molar-refractivity contribution in [1.82, 2.24) is 4.98 Å². The number of aromatic hydroxyl groups is 1. The number of hydrogen-bond acceptors (Lipinski definition) is 6. The Kier molecular flexibility index (Phi) is 3.86. The van der Waals surface area contributed by atoms with Gasteiger partial charge in [0.05, 0.1) is 7.11 Å². The number of aromatic nitrogens is 1. The molecule has 0 spiro atoms. The minimum atomic E-state index is -1.21. The van der Waals surface area contributed by atoms with Crippen LogP contribution in [0.15, 0.2) is 24.3 Å². The summed E-state index contributed by atoms with van der Waals surface area (Å²) < 4.78 is 10.5. The number of hydrogen-bond donors (Lipinski definition) is 2. The summed E-state index contributed by atoms with van der Waals surface area (Å²) in [5.41, 5.74) is 0. The molecule has 0 aliphatic heterocycles. The maximum atomic E-state index is 10.7. The van der Waals surface area contributed by atoms with Crippen molar-refractivity contribution in [2.45, 2.75) is 6.61 Å². The van der Waals surface area contributed by atoms with Crippen molar-refractivity contribution in [1.29, 1.82) is 0 Å². The molecule has 1 heterocycles. The van der Waals surface area contributed by atoms with Crippen LogP contribution in [0.1, 0.15) is 14.7 Å². The molecule has 0 fully saturated rings. The Balaban J connectivity index is 2.06. The molecule has 0 saturated carbocycles. The molecule has 1 aromatic heterocycles. The summed E-state index contributed by atoms with van der Waals surface area (Å²) in [7, 11) is 1.55. The van der Waals surface area contributed by atoms with Crippen molar-refractivity contribution in [3.8, 4) is 17.4 Å². The monoisotopic (exact) mass is 281 g/mol. The molecule has 0 aliphatic carbocycles. The summed E-state index contributed by atoms with van der Waals surface area (Å²) in [5.74, 6) is -0.457. The van der Waals surface area contributed by atoms with Gasteiger partial charge in [-0.3, -0.25) is 0 Å². The van der Waals surface area contributed by atoms with E-state index in [-0.39, 0.29) is 11.5 Å². The first-order valence-electron chi connectivity index (χ1n) is 5.29. The average molecular weight is 281 g/mol. The number of benzene rings is 1. The number of carboxylic acid groups (broad SMARTS) is 1. The number of nitrogens with zero attached hydrogens (tertiary/aromatic N) is 1. The number of aromatic carboxylic acids is 1. The standard InChI is InChI=1S/C12H11NO5S/c1-17-7-3-2-4-8(5-7)18-6-9-13-11(14)10(19-9)12(15)16/h2-5,14H,6H2,1H3,(H,15,16). The molecule has 0 saturated heterocycles. The van der Waals surface area contributed by atoms with E-state index >= 15 is 0 Å². The molecule has 0 radical (unpaired) electrons. The first-order valence-corrected chi connectivity index (χ1v) is 6.10. The Hall–Kier alpha value is -2.28. The summed E-state index contributed by atoms with van der Waals surface area (Å²) >= 11 is 0.880. The van der Waals surface area contributed by atoms with Gasteiger partial charge in [-0.25, -0.2) is 9.78 Å². The van der Waals surface area contributed by atoms with Crippen molar-refractivity contribution >= 4 is 17.3 Å². The molecule has 100 valence electrons. The highest BCUT2D eigenvalue weighted by atomic mass is 32.1. The van der Waals surface area contributed by atoms with Gasteiger partial charge >= 0.3 is 5.97 Å². The van der Waals surface area contributed by atoms with Gasteiger partial charge in [-0.1, -0.05) is 6.07 Å². The SMILES string of the molecule is COc1cccc(OCc2nc(O)c(C(=O)O)s2)c1. The molecule has 7 heteroatoms. The second kappa shape index (κ2) is 5.57.